The minimum atomic E-state index is 0.905. The molecule has 20 heavy (non-hydrogen) atoms. The van der Waals surface area contributed by atoms with Crippen molar-refractivity contribution in [2.24, 2.45) is 0 Å². The normalized spacial score (nSPS) is 10.7. The van der Waals surface area contributed by atoms with Crippen LogP contribution in [0.25, 0.3) is 11.1 Å². The Morgan fingerprint density at radius 1 is 0.900 bits per heavy atom. The van der Waals surface area contributed by atoms with Crippen LogP contribution in [0.4, 0.5) is 0 Å². The lowest BCUT2D eigenvalue weighted by Crippen LogP contribution is -2.05. The Bertz CT molecular complexity index is 617. The van der Waals surface area contributed by atoms with E-state index in [1.54, 1.807) is 7.11 Å². The van der Waals surface area contributed by atoms with E-state index in [4.69, 9.17) is 4.74 Å². The average Bonchev–Trinajstić information content (AvgIpc) is 2.42. The summed E-state index contributed by atoms with van der Waals surface area (Å²) in [5.74, 6) is 0.954. The van der Waals surface area contributed by atoms with Gasteiger partial charge in [-0.1, -0.05) is 18.2 Å². The van der Waals surface area contributed by atoms with Gasteiger partial charge in [-0.2, -0.15) is 0 Å². The lowest BCUT2D eigenvalue weighted by molar-refractivity contribution is 0.411. The fraction of sp³-hybridized carbons (Fsp3) is 0.333. The summed E-state index contributed by atoms with van der Waals surface area (Å²) in [4.78, 5) is 0. The highest BCUT2D eigenvalue weighted by Crippen LogP contribution is 2.32. The van der Waals surface area contributed by atoms with E-state index in [9.17, 15) is 0 Å². The van der Waals surface area contributed by atoms with Crippen molar-refractivity contribution < 1.29 is 4.74 Å². The highest BCUT2D eigenvalue weighted by atomic mass is 16.5. The van der Waals surface area contributed by atoms with E-state index in [0.29, 0.717) is 0 Å². The van der Waals surface area contributed by atoms with Crippen LogP contribution < -0.4 is 10.1 Å². The van der Waals surface area contributed by atoms with Crippen LogP contribution in [0.2, 0.25) is 0 Å². The first-order valence-corrected chi connectivity index (χ1v) is 6.96. The molecule has 0 saturated carbocycles. The molecule has 0 radical (unpaired) electrons. The van der Waals surface area contributed by atoms with Gasteiger partial charge in [0, 0.05) is 6.54 Å². The van der Waals surface area contributed by atoms with Gasteiger partial charge >= 0.3 is 0 Å². The SMILES string of the molecule is CNCc1ccc(-c2cc(C)c(OC)cc2C)c(C)c1. The van der Waals surface area contributed by atoms with Crippen LogP contribution in [0, 0.1) is 20.8 Å². The molecule has 0 unspecified atom stereocenters. The molecular formula is C18H23NO. The van der Waals surface area contributed by atoms with E-state index in [-0.39, 0.29) is 0 Å². The number of benzene rings is 2. The lowest BCUT2D eigenvalue weighted by Gasteiger charge is -2.14. The molecular weight excluding hydrogens is 246 g/mol. The van der Waals surface area contributed by atoms with E-state index < -0.39 is 0 Å². The lowest BCUT2D eigenvalue weighted by atomic mass is 9.93. The maximum Gasteiger partial charge on any atom is 0.122 e. The van der Waals surface area contributed by atoms with Crippen molar-refractivity contribution in [3.05, 3.63) is 52.6 Å². The molecule has 2 aromatic rings. The Labute approximate surface area is 121 Å². The largest absolute Gasteiger partial charge is 0.496 e. The number of rotatable bonds is 4. The molecule has 0 bridgehead atoms. The number of ether oxygens (including phenoxy) is 1. The molecule has 2 nitrogen and oxygen atoms in total. The predicted molar refractivity (Wildman–Crippen MR) is 85.4 cm³/mol. The molecule has 106 valence electrons. The summed E-state index contributed by atoms with van der Waals surface area (Å²) in [6, 6.07) is 11.0. The van der Waals surface area contributed by atoms with E-state index >= 15 is 0 Å². The Morgan fingerprint density at radius 3 is 2.20 bits per heavy atom. The minimum absolute atomic E-state index is 0.905. The number of methoxy groups -OCH3 is 1. The fourth-order valence-corrected chi connectivity index (χ4v) is 2.64. The van der Waals surface area contributed by atoms with Crippen LogP contribution in [0.15, 0.2) is 30.3 Å². The van der Waals surface area contributed by atoms with Gasteiger partial charge in [-0.25, -0.2) is 0 Å². The number of nitrogens with one attached hydrogen (secondary N) is 1. The topological polar surface area (TPSA) is 21.3 Å². The van der Waals surface area contributed by atoms with Gasteiger partial charge in [-0.3, -0.25) is 0 Å². The maximum absolute atomic E-state index is 5.39. The zero-order chi connectivity index (χ0) is 14.7. The summed E-state index contributed by atoms with van der Waals surface area (Å²) in [7, 11) is 3.69. The summed E-state index contributed by atoms with van der Waals surface area (Å²) >= 11 is 0. The Balaban J connectivity index is 2.49. The first-order valence-electron chi connectivity index (χ1n) is 6.96. The third-order valence-electron chi connectivity index (χ3n) is 3.70. The first kappa shape index (κ1) is 14.6. The van der Waals surface area contributed by atoms with Crippen LogP contribution in [0.3, 0.4) is 0 Å². The Hall–Kier alpha value is -1.80. The molecule has 0 atom stereocenters. The molecule has 0 aromatic heterocycles. The Morgan fingerprint density at radius 2 is 1.60 bits per heavy atom. The zero-order valence-electron chi connectivity index (χ0n) is 13.0. The highest BCUT2D eigenvalue weighted by Gasteiger charge is 2.09. The smallest absolute Gasteiger partial charge is 0.122 e. The van der Waals surface area contributed by atoms with Crippen LogP contribution in [0.1, 0.15) is 22.3 Å². The Kier molecular flexibility index (Phi) is 4.46. The third-order valence-corrected chi connectivity index (χ3v) is 3.70. The van der Waals surface area contributed by atoms with Gasteiger partial charge in [0.05, 0.1) is 7.11 Å². The molecule has 0 fully saturated rings. The fourth-order valence-electron chi connectivity index (χ4n) is 2.64. The number of hydrogen-bond acceptors (Lipinski definition) is 2. The van der Waals surface area contributed by atoms with Gasteiger partial charge in [0.15, 0.2) is 0 Å². The second-order valence-electron chi connectivity index (χ2n) is 5.32. The standard InChI is InChI=1S/C18H23NO/c1-12-8-15(11-19-4)6-7-16(12)17-9-14(3)18(20-5)10-13(17)2/h6-10,19H,11H2,1-5H3. The molecule has 0 aliphatic rings. The molecule has 0 aliphatic carbocycles. The van der Waals surface area contributed by atoms with Crippen molar-refractivity contribution in [1.82, 2.24) is 5.32 Å². The van der Waals surface area contributed by atoms with Gasteiger partial charge < -0.3 is 10.1 Å². The number of aryl methyl sites for hydroxylation is 3. The van der Waals surface area contributed by atoms with Crippen molar-refractivity contribution in [3.63, 3.8) is 0 Å². The van der Waals surface area contributed by atoms with Gasteiger partial charge in [0.1, 0.15) is 5.75 Å². The molecule has 0 saturated heterocycles. The van der Waals surface area contributed by atoms with Crippen LogP contribution in [0.5, 0.6) is 5.75 Å². The average molecular weight is 269 g/mol. The van der Waals surface area contributed by atoms with Gasteiger partial charge in [-0.15, -0.1) is 0 Å². The van der Waals surface area contributed by atoms with Crippen LogP contribution in [-0.2, 0) is 6.54 Å². The van der Waals surface area contributed by atoms with E-state index in [1.165, 1.54) is 33.4 Å². The summed E-state index contributed by atoms with van der Waals surface area (Å²) in [6.45, 7) is 7.31. The van der Waals surface area contributed by atoms with E-state index in [2.05, 4.69) is 56.4 Å². The molecule has 0 aliphatic heterocycles. The summed E-state index contributed by atoms with van der Waals surface area (Å²) in [5, 5.41) is 3.19. The van der Waals surface area contributed by atoms with E-state index in [1.807, 2.05) is 7.05 Å². The van der Waals surface area contributed by atoms with E-state index in [0.717, 1.165) is 12.3 Å². The predicted octanol–water partition coefficient (Wildman–Crippen LogP) is 4.01. The van der Waals surface area contributed by atoms with Crippen molar-refractivity contribution in [1.29, 1.82) is 0 Å². The second-order valence-corrected chi connectivity index (χ2v) is 5.32. The van der Waals surface area contributed by atoms with Crippen molar-refractivity contribution >= 4 is 0 Å². The number of hydrogen-bond donors (Lipinski definition) is 1. The third kappa shape index (κ3) is 2.86. The monoisotopic (exact) mass is 269 g/mol. The molecule has 0 spiro atoms. The summed E-state index contributed by atoms with van der Waals surface area (Å²) in [6.07, 6.45) is 0. The summed E-state index contributed by atoms with van der Waals surface area (Å²) < 4.78 is 5.39. The molecule has 0 heterocycles. The summed E-state index contributed by atoms with van der Waals surface area (Å²) in [5.41, 5.74) is 7.63. The van der Waals surface area contributed by atoms with Crippen molar-refractivity contribution in [2.45, 2.75) is 27.3 Å². The molecule has 0 amide bonds. The highest BCUT2D eigenvalue weighted by molar-refractivity contribution is 5.72. The quantitative estimate of drug-likeness (QED) is 0.905. The zero-order valence-corrected chi connectivity index (χ0v) is 13.0. The molecule has 2 heteroatoms. The maximum atomic E-state index is 5.39. The minimum Gasteiger partial charge on any atom is -0.496 e. The molecule has 1 N–H and O–H groups in total. The van der Waals surface area contributed by atoms with Crippen molar-refractivity contribution in [3.8, 4) is 16.9 Å². The van der Waals surface area contributed by atoms with Gasteiger partial charge in [-0.05, 0) is 73.3 Å². The van der Waals surface area contributed by atoms with Gasteiger partial charge in [0.2, 0.25) is 0 Å². The first-order chi connectivity index (χ1) is 9.56. The van der Waals surface area contributed by atoms with Crippen molar-refractivity contribution in [2.75, 3.05) is 14.2 Å². The van der Waals surface area contributed by atoms with Gasteiger partial charge in [0.25, 0.3) is 0 Å². The molecule has 2 aromatic carbocycles. The molecule has 2 rings (SSSR count). The van der Waals surface area contributed by atoms with Crippen LogP contribution in [-0.4, -0.2) is 14.2 Å². The second kappa shape index (κ2) is 6.10. The van der Waals surface area contributed by atoms with Crippen LogP contribution >= 0.6 is 0 Å².